The fourth-order valence-corrected chi connectivity index (χ4v) is 1.60. The normalized spacial score (nSPS) is 9.79. The minimum Gasteiger partial charge on any atom is -0.497 e. The molecule has 0 spiro atoms. The van der Waals surface area contributed by atoms with E-state index in [-0.39, 0.29) is 0 Å². The van der Waals surface area contributed by atoms with Crippen LogP contribution in [0, 0.1) is 6.07 Å². The third kappa shape index (κ3) is 2.06. The highest BCUT2D eigenvalue weighted by atomic mass is 32.1. The van der Waals surface area contributed by atoms with E-state index in [0.29, 0.717) is 0 Å². The van der Waals surface area contributed by atoms with Gasteiger partial charge >= 0.3 is 0 Å². The van der Waals surface area contributed by atoms with Gasteiger partial charge in [-0.25, -0.2) is 0 Å². The van der Waals surface area contributed by atoms with Crippen LogP contribution >= 0.6 is 11.3 Å². The Hall–Kier alpha value is -1.48. The van der Waals surface area contributed by atoms with Crippen molar-refractivity contribution in [2.45, 2.75) is 0 Å². The first-order valence-electron chi connectivity index (χ1n) is 4.15. The van der Waals surface area contributed by atoms with Gasteiger partial charge in [0.2, 0.25) is 0 Å². The van der Waals surface area contributed by atoms with E-state index >= 15 is 0 Å². The summed E-state index contributed by atoms with van der Waals surface area (Å²) in [5, 5.41) is 2.69. The van der Waals surface area contributed by atoms with Crippen LogP contribution in [0.3, 0.4) is 0 Å². The molecule has 1 heterocycles. The van der Waals surface area contributed by atoms with Gasteiger partial charge in [-0.15, -0.1) is 11.3 Å². The molecule has 0 atom stereocenters. The smallest absolute Gasteiger partial charge is 0.181 e. The Morgan fingerprint density at radius 3 is 2.86 bits per heavy atom. The number of thiophene rings is 1. The fourth-order valence-electron chi connectivity index (χ4n) is 1.06. The van der Waals surface area contributed by atoms with Crippen LogP contribution in [0.2, 0.25) is 0 Å². The minimum absolute atomic E-state index is 0.778. The van der Waals surface area contributed by atoms with Gasteiger partial charge in [-0.3, -0.25) is 0 Å². The number of methoxy groups -OCH3 is 1. The molecule has 0 aliphatic heterocycles. The predicted octanol–water partition coefficient (Wildman–Crippen LogP) is 3.35. The fraction of sp³-hybridized carbons (Fsp3) is 0.0909. The first-order chi connectivity index (χ1) is 6.88. The molecule has 0 saturated carbocycles. The van der Waals surface area contributed by atoms with Gasteiger partial charge < -0.3 is 9.47 Å². The van der Waals surface area contributed by atoms with Crippen molar-refractivity contribution in [3.8, 4) is 16.6 Å². The molecule has 0 bridgehead atoms. The van der Waals surface area contributed by atoms with Gasteiger partial charge in [0.25, 0.3) is 0 Å². The quantitative estimate of drug-likeness (QED) is 0.765. The minimum atomic E-state index is 0.778. The first-order valence-corrected chi connectivity index (χ1v) is 5.03. The lowest BCUT2D eigenvalue weighted by Crippen LogP contribution is -1.84. The molecule has 1 aromatic carbocycles. The van der Waals surface area contributed by atoms with Crippen molar-refractivity contribution in [1.82, 2.24) is 0 Å². The van der Waals surface area contributed by atoms with Crippen LogP contribution in [-0.2, 0) is 0 Å². The van der Waals surface area contributed by atoms with Gasteiger partial charge in [0.1, 0.15) is 11.5 Å². The van der Waals surface area contributed by atoms with Crippen LogP contribution in [0.15, 0.2) is 35.7 Å². The second-order valence-electron chi connectivity index (χ2n) is 2.65. The van der Waals surface area contributed by atoms with E-state index in [9.17, 15) is 0 Å². The van der Waals surface area contributed by atoms with Gasteiger partial charge in [0.15, 0.2) is 5.06 Å². The van der Waals surface area contributed by atoms with Crippen LogP contribution < -0.4 is 9.47 Å². The lowest BCUT2D eigenvalue weighted by molar-refractivity contribution is 0.410. The zero-order valence-corrected chi connectivity index (χ0v) is 8.51. The Kier molecular flexibility index (Phi) is 2.70. The summed E-state index contributed by atoms with van der Waals surface area (Å²) in [6, 6.07) is 12.3. The Labute approximate surface area is 86.7 Å². The summed E-state index contributed by atoms with van der Waals surface area (Å²) in [5.41, 5.74) is 0. The first kappa shape index (κ1) is 9.09. The number of rotatable bonds is 3. The highest BCUT2D eigenvalue weighted by Gasteiger charge is 1.98. The number of ether oxygens (including phenoxy) is 2. The van der Waals surface area contributed by atoms with Gasteiger partial charge in [-0.05, 0) is 18.2 Å². The summed E-state index contributed by atoms with van der Waals surface area (Å²) < 4.78 is 10.7. The van der Waals surface area contributed by atoms with Crippen LogP contribution in [0.5, 0.6) is 16.6 Å². The van der Waals surface area contributed by atoms with E-state index in [1.807, 2.05) is 35.7 Å². The average Bonchev–Trinajstić information content (AvgIpc) is 2.71. The van der Waals surface area contributed by atoms with Crippen LogP contribution in [0.25, 0.3) is 0 Å². The maximum Gasteiger partial charge on any atom is 0.181 e. The molecule has 0 amide bonds. The third-order valence-electron chi connectivity index (χ3n) is 1.70. The Balaban J connectivity index is 2.17. The Morgan fingerprint density at radius 2 is 2.14 bits per heavy atom. The molecular formula is C11H9O2S. The van der Waals surface area contributed by atoms with Gasteiger partial charge in [-0.2, -0.15) is 0 Å². The van der Waals surface area contributed by atoms with Crippen LogP contribution in [-0.4, -0.2) is 7.11 Å². The van der Waals surface area contributed by atoms with Gasteiger partial charge in [0, 0.05) is 17.5 Å². The van der Waals surface area contributed by atoms with Crippen LogP contribution in [0.1, 0.15) is 0 Å². The molecule has 0 aliphatic rings. The molecule has 1 aromatic heterocycles. The van der Waals surface area contributed by atoms with Gasteiger partial charge in [0.05, 0.1) is 7.11 Å². The Morgan fingerprint density at radius 1 is 1.29 bits per heavy atom. The van der Waals surface area contributed by atoms with Crippen molar-refractivity contribution >= 4 is 11.3 Å². The third-order valence-corrected chi connectivity index (χ3v) is 2.39. The van der Waals surface area contributed by atoms with Crippen molar-refractivity contribution in [3.05, 3.63) is 41.8 Å². The largest absolute Gasteiger partial charge is 0.497 e. The second kappa shape index (κ2) is 4.15. The molecule has 0 unspecified atom stereocenters. The Bertz CT molecular complexity index is 395. The lowest BCUT2D eigenvalue weighted by atomic mass is 10.3. The second-order valence-corrected chi connectivity index (χ2v) is 3.52. The van der Waals surface area contributed by atoms with E-state index in [4.69, 9.17) is 9.47 Å². The number of benzene rings is 1. The molecule has 0 fully saturated rings. The predicted molar refractivity (Wildman–Crippen MR) is 56.2 cm³/mol. The van der Waals surface area contributed by atoms with Crippen molar-refractivity contribution in [2.75, 3.05) is 7.11 Å². The molecule has 2 nitrogen and oxygen atoms in total. The molecule has 1 radical (unpaired) electrons. The molecule has 71 valence electrons. The highest BCUT2D eigenvalue weighted by molar-refractivity contribution is 7.11. The van der Waals surface area contributed by atoms with E-state index in [0.717, 1.165) is 16.6 Å². The van der Waals surface area contributed by atoms with E-state index in [2.05, 4.69) is 6.07 Å². The molecule has 2 aromatic rings. The molecule has 0 saturated heterocycles. The summed E-state index contributed by atoms with van der Waals surface area (Å²) in [4.78, 5) is 0. The van der Waals surface area contributed by atoms with E-state index in [1.54, 1.807) is 7.11 Å². The summed E-state index contributed by atoms with van der Waals surface area (Å²) in [6.07, 6.45) is 0. The van der Waals surface area contributed by atoms with Crippen LogP contribution in [0.4, 0.5) is 0 Å². The topological polar surface area (TPSA) is 18.5 Å². The molecule has 2 rings (SSSR count). The monoisotopic (exact) mass is 205 g/mol. The summed E-state index contributed by atoms with van der Waals surface area (Å²) in [5.74, 6) is 1.57. The zero-order chi connectivity index (χ0) is 9.80. The molecule has 0 N–H and O–H groups in total. The maximum absolute atomic E-state index is 5.57. The van der Waals surface area contributed by atoms with Crippen molar-refractivity contribution in [2.24, 2.45) is 0 Å². The van der Waals surface area contributed by atoms with E-state index < -0.39 is 0 Å². The number of hydrogen-bond donors (Lipinski definition) is 0. The molecular weight excluding hydrogens is 196 g/mol. The summed E-state index contributed by atoms with van der Waals surface area (Å²) >= 11 is 1.51. The number of hydrogen-bond acceptors (Lipinski definition) is 3. The molecule has 14 heavy (non-hydrogen) atoms. The SMILES string of the molecule is COc1cccc(Oc2c[c]cs2)c1. The summed E-state index contributed by atoms with van der Waals surface area (Å²) in [7, 11) is 1.64. The zero-order valence-electron chi connectivity index (χ0n) is 7.69. The summed E-state index contributed by atoms with van der Waals surface area (Å²) in [6.45, 7) is 0. The van der Waals surface area contributed by atoms with Gasteiger partial charge in [-0.1, -0.05) is 6.07 Å². The van der Waals surface area contributed by atoms with Crippen molar-refractivity contribution in [1.29, 1.82) is 0 Å². The molecule has 3 heteroatoms. The van der Waals surface area contributed by atoms with Crippen molar-refractivity contribution in [3.63, 3.8) is 0 Å². The highest BCUT2D eigenvalue weighted by Crippen LogP contribution is 2.27. The standard InChI is InChI=1S/C11H9O2S/c1-12-9-4-2-5-10(8-9)13-11-6-3-7-14-11/h2,4-8H,1H3. The van der Waals surface area contributed by atoms with Crippen molar-refractivity contribution < 1.29 is 9.47 Å². The van der Waals surface area contributed by atoms with E-state index in [1.165, 1.54) is 11.3 Å². The maximum atomic E-state index is 5.57. The average molecular weight is 205 g/mol. The molecule has 0 aliphatic carbocycles. The lowest BCUT2D eigenvalue weighted by Gasteiger charge is -2.04.